The van der Waals surface area contributed by atoms with Crippen molar-refractivity contribution in [1.29, 1.82) is 0 Å². The van der Waals surface area contributed by atoms with Gasteiger partial charge in [0.25, 0.3) is 0 Å². The van der Waals surface area contributed by atoms with Crippen LogP contribution in [0, 0.1) is 11.3 Å². The largest absolute Gasteiger partial charge is 0.481 e. The zero-order valence-electron chi connectivity index (χ0n) is 11.3. The Kier molecular flexibility index (Phi) is 5.44. The van der Waals surface area contributed by atoms with E-state index < -0.39 is 5.97 Å². The Balaban J connectivity index is 2.10. The molecule has 3 N–H and O–H groups in total. The Labute approximate surface area is 108 Å². The second-order valence-electron chi connectivity index (χ2n) is 5.89. The maximum atomic E-state index is 11.4. The molecule has 0 aliphatic heterocycles. The first-order valence-electron chi connectivity index (χ1n) is 6.62. The van der Waals surface area contributed by atoms with Crippen LogP contribution in [0.25, 0.3) is 0 Å². The van der Waals surface area contributed by atoms with Crippen LogP contribution < -0.4 is 10.6 Å². The molecule has 0 aromatic heterocycles. The Bertz CT molecular complexity index is 293. The second kappa shape index (κ2) is 6.61. The third kappa shape index (κ3) is 5.89. The molecule has 1 aliphatic carbocycles. The van der Waals surface area contributed by atoms with E-state index >= 15 is 0 Å². The van der Waals surface area contributed by atoms with E-state index in [1.807, 2.05) is 0 Å². The molecule has 1 fully saturated rings. The van der Waals surface area contributed by atoms with E-state index in [1.54, 1.807) is 0 Å². The van der Waals surface area contributed by atoms with Crippen LogP contribution in [0.4, 0.5) is 4.79 Å². The maximum absolute atomic E-state index is 11.4. The number of carboxylic acid groups (broad SMARTS) is 1. The summed E-state index contributed by atoms with van der Waals surface area (Å²) in [4.78, 5) is 21.7. The average Bonchev–Trinajstić information content (AvgIpc) is 2.27. The van der Waals surface area contributed by atoms with E-state index in [2.05, 4.69) is 24.5 Å². The Morgan fingerprint density at radius 3 is 2.39 bits per heavy atom. The lowest BCUT2D eigenvalue weighted by Gasteiger charge is -2.34. The van der Waals surface area contributed by atoms with E-state index in [-0.39, 0.29) is 19.0 Å². The van der Waals surface area contributed by atoms with Crippen molar-refractivity contribution in [3.63, 3.8) is 0 Å². The molecule has 18 heavy (non-hydrogen) atoms. The minimum absolute atomic E-state index is 0.0367. The first-order valence-corrected chi connectivity index (χ1v) is 6.62. The summed E-state index contributed by atoms with van der Waals surface area (Å²) in [6.07, 6.45) is 4.69. The molecule has 0 radical (unpaired) electrons. The molecule has 104 valence electrons. The van der Waals surface area contributed by atoms with Crippen molar-refractivity contribution in [3.8, 4) is 0 Å². The molecule has 0 unspecified atom stereocenters. The summed E-state index contributed by atoms with van der Waals surface area (Å²) in [5, 5.41) is 13.8. The van der Waals surface area contributed by atoms with Crippen molar-refractivity contribution in [2.75, 3.05) is 13.1 Å². The molecule has 0 aromatic carbocycles. The molecule has 0 spiro atoms. The van der Waals surface area contributed by atoms with Crippen molar-refractivity contribution >= 4 is 12.0 Å². The van der Waals surface area contributed by atoms with Gasteiger partial charge >= 0.3 is 12.0 Å². The Morgan fingerprint density at radius 2 is 1.83 bits per heavy atom. The van der Waals surface area contributed by atoms with Crippen LogP contribution in [0.5, 0.6) is 0 Å². The van der Waals surface area contributed by atoms with Gasteiger partial charge in [0.2, 0.25) is 0 Å². The van der Waals surface area contributed by atoms with E-state index in [4.69, 9.17) is 5.11 Å². The molecule has 2 amide bonds. The zero-order valence-corrected chi connectivity index (χ0v) is 11.3. The number of carboxylic acids is 1. The van der Waals surface area contributed by atoms with Gasteiger partial charge in [-0.2, -0.15) is 0 Å². The fourth-order valence-corrected chi connectivity index (χ4v) is 2.25. The van der Waals surface area contributed by atoms with E-state index in [1.165, 1.54) is 12.8 Å². The molecule has 5 heteroatoms. The third-order valence-electron chi connectivity index (χ3n) is 3.63. The van der Waals surface area contributed by atoms with Gasteiger partial charge in [-0.1, -0.05) is 13.8 Å². The lowest BCUT2D eigenvalue weighted by atomic mass is 9.73. The summed E-state index contributed by atoms with van der Waals surface area (Å²) >= 11 is 0. The van der Waals surface area contributed by atoms with Gasteiger partial charge in [-0.05, 0) is 37.0 Å². The summed E-state index contributed by atoms with van der Waals surface area (Å²) < 4.78 is 0. The van der Waals surface area contributed by atoms with Gasteiger partial charge < -0.3 is 15.7 Å². The van der Waals surface area contributed by atoms with Gasteiger partial charge in [0.05, 0.1) is 6.42 Å². The van der Waals surface area contributed by atoms with E-state index in [0.29, 0.717) is 17.9 Å². The van der Waals surface area contributed by atoms with Gasteiger partial charge in [0, 0.05) is 13.1 Å². The smallest absolute Gasteiger partial charge is 0.314 e. The number of nitrogens with one attached hydrogen (secondary N) is 2. The highest BCUT2D eigenvalue weighted by molar-refractivity contribution is 5.74. The summed E-state index contributed by atoms with van der Waals surface area (Å²) in [6.45, 7) is 5.44. The summed E-state index contributed by atoms with van der Waals surface area (Å²) in [5.74, 6) is -0.340. The SMILES string of the molecule is CC1(C)CCC(CNC(=O)NCCC(=O)O)CC1. The average molecular weight is 256 g/mol. The number of urea groups is 1. The number of hydrogen-bond donors (Lipinski definition) is 3. The minimum Gasteiger partial charge on any atom is -0.481 e. The van der Waals surface area contributed by atoms with Crippen LogP contribution in [0.2, 0.25) is 0 Å². The Morgan fingerprint density at radius 1 is 1.22 bits per heavy atom. The Hall–Kier alpha value is -1.26. The molecular formula is C13H24N2O3. The van der Waals surface area contributed by atoms with Crippen molar-refractivity contribution < 1.29 is 14.7 Å². The van der Waals surface area contributed by atoms with Crippen molar-refractivity contribution in [1.82, 2.24) is 10.6 Å². The highest BCUT2D eigenvalue weighted by Gasteiger charge is 2.26. The van der Waals surface area contributed by atoms with Crippen LogP contribution in [0.3, 0.4) is 0 Å². The second-order valence-corrected chi connectivity index (χ2v) is 5.89. The molecular weight excluding hydrogens is 232 g/mol. The van der Waals surface area contributed by atoms with E-state index in [0.717, 1.165) is 12.8 Å². The highest BCUT2D eigenvalue weighted by atomic mass is 16.4. The van der Waals surface area contributed by atoms with E-state index in [9.17, 15) is 9.59 Å². The van der Waals surface area contributed by atoms with Gasteiger partial charge in [-0.25, -0.2) is 4.79 Å². The summed E-state index contributed by atoms with van der Waals surface area (Å²) in [7, 11) is 0. The fraction of sp³-hybridized carbons (Fsp3) is 0.846. The number of carbonyl (C=O) groups excluding carboxylic acids is 1. The van der Waals surface area contributed by atoms with Crippen LogP contribution in [-0.4, -0.2) is 30.2 Å². The lowest BCUT2D eigenvalue weighted by molar-refractivity contribution is -0.136. The van der Waals surface area contributed by atoms with Crippen LogP contribution in [0.15, 0.2) is 0 Å². The van der Waals surface area contributed by atoms with Crippen molar-refractivity contribution in [2.24, 2.45) is 11.3 Å². The molecule has 0 atom stereocenters. The third-order valence-corrected chi connectivity index (χ3v) is 3.63. The highest BCUT2D eigenvalue weighted by Crippen LogP contribution is 2.37. The number of rotatable bonds is 5. The maximum Gasteiger partial charge on any atom is 0.314 e. The van der Waals surface area contributed by atoms with Gasteiger partial charge in [-0.3, -0.25) is 4.79 Å². The lowest BCUT2D eigenvalue weighted by Crippen LogP contribution is -2.40. The standard InChI is InChI=1S/C13H24N2O3/c1-13(2)6-3-10(4-7-13)9-15-12(18)14-8-5-11(16)17/h10H,3-9H2,1-2H3,(H,16,17)(H2,14,15,18). The van der Waals surface area contributed by atoms with Gasteiger partial charge in [0.15, 0.2) is 0 Å². The quantitative estimate of drug-likeness (QED) is 0.703. The van der Waals surface area contributed by atoms with Crippen LogP contribution in [-0.2, 0) is 4.79 Å². The van der Waals surface area contributed by atoms with Crippen molar-refractivity contribution in [3.05, 3.63) is 0 Å². The molecule has 0 saturated heterocycles. The van der Waals surface area contributed by atoms with Crippen LogP contribution in [0.1, 0.15) is 46.0 Å². The summed E-state index contributed by atoms with van der Waals surface area (Å²) in [6, 6.07) is -0.263. The van der Waals surface area contributed by atoms with Gasteiger partial charge in [0.1, 0.15) is 0 Å². The normalized spacial score (nSPS) is 19.2. The molecule has 1 rings (SSSR count). The number of carbonyl (C=O) groups is 2. The number of hydrogen-bond acceptors (Lipinski definition) is 2. The predicted octanol–water partition coefficient (Wildman–Crippen LogP) is 1.98. The zero-order chi connectivity index (χ0) is 13.6. The molecule has 0 aromatic rings. The van der Waals surface area contributed by atoms with Gasteiger partial charge in [-0.15, -0.1) is 0 Å². The molecule has 5 nitrogen and oxygen atoms in total. The summed E-state index contributed by atoms with van der Waals surface area (Å²) in [5.41, 5.74) is 0.445. The van der Waals surface area contributed by atoms with Crippen molar-refractivity contribution in [2.45, 2.75) is 46.0 Å². The molecule has 1 saturated carbocycles. The first kappa shape index (κ1) is 14.8. The first-order chi connectivity index (χ1) is 8.39. The predicted molar refractivity (Wildman–Crippen MR) is 69.4 cm³/mol. The number of aliphatic carboxylic acids is 1. The fourth-order valence-electron chi connectivity index (χ4n) is 2.25. The minimum atomic E-state index is -0.898. The molecule has 1 aliphatic rings. The molecule has 0 heterocycles. The monoisotopic (exact) mass is 256 g/mol. The van der Waals surface area contributed by atoms with Crippen LogP contribution >= 0.6 is 0 Å². The molecule has 0 bridgehead atoms. The number of amides is 2. The topological polar surface area (TPSA) is 78.4 Å².